The average Bonchev–Trinajstić information content (AvgIpc) is 3.49. The fraction of sp³-hybridized carbons (Fsp3) is 0.462. The Morgan fingerprint density at radius 2 is 1.84 bits per heavy atom. The fourth-order valence-electron chi connectivity index (χ4n) is 4.65. The van der Waals surface area contributed by atoms with Crippen LogP contribution in [0.1, 0.15) is 22.6 Å². The third-order valence-electron chi connectivity index (χ3n) is 6.58. The SMILES string of the molecule is Cc1nc2cc(OC[C@H](O)CN3CCN(C[C@H]4CC(c5ccc(C(F)(F)F)cc5)=NO4)CC3)ccc2s1. The topological polar surface area (TPSA) is 70.4 Å². The molecule has 3 heterocycles. The molecule has 2 aromatic carbocycles. The van der Waals surface area contributed by atoms with Crippen molar-refractivity contribution in [1.29, 1.82) is 0 Å². The van der Waals surface area contributed by atoms with Crippen LogP contribution < -0.4 is 4.74 Å². The van der Waals surface area contributed by atoms with Crippen LogP contribution in [-0.4, -0.2) is 83.7 Å². The summed E-state index contributed by atoms with van der Waals surface area (Å²) in [6, 6.07) is 10.8. The predicted octanol–water partition coefficient (Wildman–Crippen LogP) is 4.17. The van der Waals surface area contributed by atoms with Crippen LogP contribution in [0.25, 0.3) is 10.2 Å². The maximum Gasteiger partial charge on any atom is 0.416 e. The maximum atomic E-state index is 12.8. The molecule has 0 unspecified atom stereocenters. The van der Waals surface area contributed by atoms with Gasteiger partial charge in [-0.3, -0.25) is 9.80 Å². The molecule has 0 spiro atoms. The van der Waals surface area contributed by atoms with Gasteiger partial charge in [0.1, 0.15) is 24.6 Å². The zero-order chi connectivity index (χ0) is 26.0. The summed E-state index contributed by atoms with van der Waals surface area (Å²) in [4.78, 5) is 14.6. The van der Waals surface area contributed by atoms with Gasteiger partial charge in [0.25, 0.3) is 0 Å². The van der Waals surface area contributed by atoms with E-state index in [0.29, 0.717) is 36.5 Å². The number of benzene rings is 2. The van der Waals surface area contributed by atoms with Crippen LogP contribution in [0.5, 0.6) is 5.75 Å². The molecule has 11 heteroatoms. The van der Waals surface area contributed by atoms with Gasteiger partial charge in [0, 0.05) is 51.8 Å². The van der Waals surface area contributed by atoms with Gasteiger partial charge in [-0.1, -0.05) is 17.3 Å². The number of hydrogen-bond acceptors (Lipinski definition) is 8. The Hall–Kier alpha value is -2.73. The van der Waals surface area contributed by atoms with Crippen LogP contribution in [-0.2, 0) is 11.0 Å². The van der Waals surface area contributed by atoms with Crippen LogP contribution in [0, 0.1) is 6.92 Å². The van der Waals surface area contributed by atoms with Crippen LogP contribution in [0.2, 0.25) is 0 Å². The minimum atomic E-state index is -4.35. The van der Waals surface area contributed by atoms with Gasteiger partial charge in [-0.2, -0.15) is 13.2 Å². The van der Waals surface area contributed by atoms with Gasteiger partial charge in [-0.15, -0.1) is 11.3 Å². The molecule has 5 rings (SSSR count). The Balaban J connectivity index is 1.02. The molecule has 7 nitrogen and oxygen atoms in total. The lowest BCUT2D eigenvalue weighted by Gasteiger charge is -2.36. The van der Waals surface area contributed by atoms with Gasteiger partial charge in [0.2, 0.25) is 0 Å². The Morgan fingerprint density at radius 3 is 2.57 bits per heavy atom. The van der Waals surface area contributed by atoms with Gasteiger partial charge in [0.15, 0.2) is 0 Å². The van der Waals surface area contributed by atoms with Crippen molar-refractivity contribution in [3.63, 3.8) is 0 Å². The van der Waals surface area contributed by atoms with Gasteiger partial charge in [-0.05, 0) is 36.8 Å². The summed E-state index contributed by atoms with van der Waals surface area (Å²) in [5.74, 6) is 0.705. The third-order valence-corrected chi connectivity index (χ3v) is 7.53. The van der Waals surface area contributed by atoms with E-state index in [2.05, 4.69) is 19.9 Å². The fourth-order valence-corrected chi connectivity index (χ4v) is 5.45. The molecule has 1 fully saturated rings. The molecule has 0 bridgehead atoms. The van der Waals surface area contributed by atoms with E-state index in [-0.39, 0.29) is 12.7 Å². The number of ether oxygens (including phenoxy) is 1. The van der Waals surface area contributed by atoms with Crippen molar-refractivity contribution in [3.8, 4) is 5.75 Å². The van der Waals surface area contributed by atoms with Crippen molar-refractivity contribution in [2.24, 2.45) is 5.16 Å². The smallest absolute Gasteiger partial charge is 0.416 e. The molecule has 0 amide bonds. The van der Waals surface area contributed by atoms with Crippen molar-refractivity contribution < 1.29 is 27.9 Å². The van der Waals surface area contributed by atoms with Crippen molar-refractivity contribution in [2.75, 3.05) is 45.9 Å². The molecule has 2 aliphatic heterocycles. The van der Waals surface area contributed by atoms with Gasteiger partial charge in [-0.25, -0.2) is 4.98 Å². The summed E-state index contributed by atoms with van der Waals surface area (Å²) < 4.78 is 45.3. The molecule has 1 saturated heterocycles. The van der Waals surface area contributed by atoms with E-state index in [1.165, 1.54) is 12.1 Å². The Morgan fingerprint density at radius 1 is 1.11 bits per heavy atom. The number of aryl methyl sites for hydroxylation is 1. The molecule has 1 aromatic heterocycles. The quantitative estimate of drug-likeness (QED) is 0.468. The first-order valence-electron chi connectivity index (χ1n) is 12.3. The summed E-state index contributed by atoms with van der Waals surface area (Å²) in [6.07, 6.45) is -4.51. The normalized spacial score (nSPS) is 20.1. The van der Waals surface area contributed by atoms with E-state index in [9.17, 15) is 18.3 Å². The highest BCUT2D eigenvalue weighted by Crippen LogP contribution is 2.30. The number of rotatable bonds is 8. The number of thiazole rings is 1. The molecule has 37 heavy (non-hydrogen) atoms. The number of aliphatic hydroxyl groups is 1. The molecule has 0 radical (unpaired) electrons. The van der Waals surface area contributed by atoms with Crippen LogP contribution in [0.4, 0.5) is 13.2 Å². The monoisotopic (exact) mass is 534 g/mol. The Kier molecular flexibility index (Phi) is 7.66. The van der Waals surface area contributed by atoms with E-state index in [0.717, 1.165) is 53.5 Å². The first kappa shape index (κ1) is 25.9. The third kappa shape index (κ3) is 6.59. The number of piperazine rings is 1. The second kappa shape index (κ2) is 10.9. The van der Waals surface area contributed by atoms with Crippen molar-refractivity contribution in [1.82, 2.24) is 14.8 Å². The molecular formula is C26H29F3N4O3S. The van der Waals surface area contributed by atoms with E-state index in [1.54, 1.807) is 11.3 Å². The molecule has 1 N–H and O–H groups in total. The highest BCUT2D eigenvalue weighted by atomic mass is 32.1. The zero-order valence-electron chi connectivity index (χ0n) is 20.4. The number of aromatic nitrogens is 1. The minimum absolute atomic E-state index is 0.123. The van der Waals surface area contributed by atoms with E-state index in [1.807, 2.05) is 25.1 Å². The number of hydrogen-bond donors (Lipinski definition) is 1. The van der Waals surface area contributed by atoms with E-state index in [4.69, 9.17) is 9.57 Å². The van der Waals surface area contributed by atoms with Gasteiger partial charge < -0.3 is 14.7 Å². The number of alkyl halides is 3. The number of halogens is 3. The highest BCUT2D eigenvalue weighted by Gasteiger charge is 2.31. The highest BCUT2D eigenvalue weighted by molar-refractivity contribution is 7.18. The summed E-state index contributed by atoms with van der Waals surface area (Å²) in [6.45, 7) is 6.74. The van der Waals surface area contributed by atoms with Crippen LogP contribution in [0.3, 0.4) is 0 Å². The van der Waals surface area contributed by atoms with Crippen LogP contribution >= 0.6 is 11.3 Å². The molecule has 2 atom stereocenters. The Bertz CT molecular complexity index is 1240. The molecule has 198 valence electrons. The minimum Gasteiger partial charge on any atom is -0.491 e. The number of β-amino-alcohol motifs (C(OH)–C–C–N with tert-alkyl or cyclic N) is 1. The Labute approximate surface area is 217 Å². The largest absolute Gasteiger partial charge is 0.491 e. The lowest BCUT2D eigenvalue weighted by molar-refractivity contribution is -0.137. The summed E-state index contributed by atoms with van der Waals surface area (Å²) in [5.41, 5.74) is 1.56. The molecule has 3 aromatic rings. The summed E-state index contributed by atoms with van der Waals surface area (Å²) in [5, 5.41) is 15.6. The molecule has 0 saturated carbocycles. The zero-order valence-corrected chi connectivity index (χ0v) is 21.3. The van der Waals surface area contributed by atoms with Crippen molar-refractivity contribution in [2.45, 2.75) is 31.7 Å². The van der Waals surface area contributed by atoms with Gasteiger partial charge >= 0.3 is 6.18 Å². The van der Waals surface area contributed by atoms with Gasteiger partial charge in [0.05, 0.1) is 26.5 Å². The second-order valence-corrected chi connectivity index (χ2v) is 10.7. The number of fused-ring (bicyclic) bond motifs is 1. The van der Waals surface area contributed by atoms with Crippen molar-refractivity contribution in [3.05, 3.63) is 58.6 Å². The number of nitrogens with zero attached hydrogens (tertiary/aromatic N) is 4. The maximum absolute atomic E-state index is 12.8. The molecule has 0 aliphatic carbocycles. The summed E-state index contributed by atoms with van der Waals surface area (Å²) in [7, 11) is 0. The van der Waals surface area contributed by atoms with Crippen LogP contribution in [0.15, 0.2) is 47.6 Å². The van der Waals surface area contributed by atoms with E-state index < -0.39 is 17.8 Å². The molecule has 2 aliphatic rings. The summed E-state index contributed by atoms with van der Waals surface area (Å²) >= 11 is 1.64. The number of oxime groups is 1. The first-order chi connectivity index (χ1) is 17.7. The predicted molar refractivity (Wildman–Crippen MR) is 136 cm³/mol. The first-order valence-corrected chi connectivity index (χ1v) is 13.1. The standard InChI is InChI=1S/C26H29F3N4O3S/c1-17-30-24-12-21(6-7-25(24)37-17)35-16-20(34)14-32-8-10-33(11-9-32)15-22-13-23(31-36-22)18-2-4-19(5-3-18)26(27,28)29/h2-7,12,20,22,34H,8-11,13-16H2,1H3/t20-,22-/m1/s1. The van der Waals surface area contributed by atoms with Crippen molar-refractivity contribution >= 4 is 27.3 Å². The molecular weight excluding hydrogens is 505 g/mol. The average molecular weight is 535 g/mol. The number of aliphatic hydroxyl groups excluding tert-OH is 1. The lowest BCUT2D eigenvalue weighted by Crippen LogP contribution is -2.50. The second-order valence-electron chi connectivity index (χ2n) is 9.47. The lowest BCUT2D eigenvalue weighted by atomic mass is 10.0. The van der Waals surface area contributed by atoms with E-state index >= 15 is 0 Å².